The average Bonchev–Trinajstić information content (AvgIpc) is 2.57. The van der Waals surface area contributed by atoms with Crippen LogP contribution in [0.25, 0.3) is 0 Å². The number of thioether (sulfide) groups is 2. The van der Waals surface area contributed by atoms with E-state index in [9.17, 15) is 0 Å². The highest BCUT2D eigenvalue weighted by Crippen LogP contribution is 2.22. The van der Waals surface area contributed by atoms with Gasteiger partial charge in [-0.25, -0.2) is 0 Å². The largest absolute Gasteiger partial charge is 0.302 e. The Morgan fingerprint density at radius 1 is 1.25 bits per heavy atom. The van der Waals surface area contributed by atoms with Gasteiger partial charge in [0.05, 0.1) is 0 Å². The predicted octanol–water partition coefficient (Wildman–Crippen LogP) is 1.86. The molecule has 1 atom stereocenters. The van der Waals surface area contributed by atoms with E-state index in [1.54, 1.807) is 0 Å². The second-order valence-corrected chi connectivity index (χ2v) is 7.32. The summed E-state index contributed by atoms with van der Waals surface area (Å²) in [7, 11) is 4.60. The van der Waals surface area contributed by atoms with Gasteiger partial charge in [0.2, 0.25) is 0 Å². The first-order valence-electron chi connectivity index (χ1n) is 6.33. The highest BCUT2D eigenvalue weighted by atomic mass is 32.2. The summed E-state index contributed by atoms with van der Waals surface area (Å²) in [5, 5.41) is 0. The van der Waals surface area contributed by atoms with E-state index in [1.165, 1.54) is 48.9 Å². The maximum Gasteiger partial charge on any atom is 0.0274 e. The topological polar surface area (TPSA) is 6.48 Å². The van der Waals surface area contributed by atoms with Gasteiger partial charge in [0.1, 0.15) is 0 Å². The summed E-state index contributed by atoms with van der Waals surface area (Å²) in [6.07, 6.45) is 2.79. The summed E-state index contributed by atoms with van der Waals surface area (Å²) in [6, 6.07) is 1.61. The van der Waals surface area contributed by atoms with Crippen molar-refractivity contribution < 1.29 is 0 Å². The first-order valence-corrected chi connectivity index (χ1v) is 8.64. The van der Waals surface area contributed by atoms with Crippen molar-refractivity contribution in [3.05, 3.63) is 0 Å². The van der Waals surface area contributed by atoms with Crippen LogP contribution in [0.1, 0.15) is 12.8 Å². The Labute approximate surface area is 109 Å². The molecule has 0 bridgehead atoms. The molecule has 0 aliphatic carbocycles. The molecule has 0 N–H and O–H groups in total. The van der Waals surface area contributed by atoms with Crippen LogP contribution in [0.5, 0.6) is 0 Å². The molecule has 0 spiro atoms. The van der Waals surface area contributed by atoms with E-state index in [2.05, 4.69) is 47.4 Å². The van der Waals surface area contributed by atoms with E-state index in [4.69, 9.17) is 0 Å². The summed E-state index contributed by atoms with van der Waals surface area (Å²) in [6.45, 7) is 2.56. The first kappa shape index (κ1) is 13.1. The summed E-state index contributed by atoms with van der Waals surface area (Å²) in [5.41, 5.74) is 0. The van der Waals surface area contributed by atoms with Gasteiger partial charge in [-0.2, -0.15) is 23.5 Å². The van der Waals surface area contributed by atoms with Gasteiger partial charge in [0, 0.05) is 41.6 Å². The monoisotopic (exact) mass is 260 g/mol. The van der Waals surface area contributed by atoms with Gasteiger partial charge in [-0.05, 0) is 33.5 Å². The van der Waals surface area contributed by atoms with Crippen LogP contribution in [0.3, 0.4) is 0 Å². The van der Waals surface area contributed by atoms with E-state index in [0.29, 0.717) is 0 Å². The molecule has 2 saturated heterocycles. The number of nitrogens with zero attached hydrogens (tertiary/aromatic N) is 2. The molecule has 94 valence electrons. The molecule has 2 rings (SSSR count). The maximum absolute atomic E-state index is 2.61. The van der Waals surface area contributed by atoms with E-state index in [-0.39, 0.29) is 0 Å². The van der Waals surface area contributed by atoms with Crippen molar-refractivity contribution in [1.82, 2.24) is 9.80 Å². The fourth-order valence-electron chi connectivity index (χ4n) is 2.55. The lowest BCUT2D eigenvalue weighted by Gasteiger charge is -2.31. The molecule has 2 heterocycles. The van der Waals surface area contributed by atoms with Gasteiger partial charge < -0.3 is 9.80 Å². The molecule has 0 aromatic carbocycles. The molecule has 0 aromatic rings. The summed E-state index contributed by atoms with van der Waals surface area (Å²) in [4.78, 5) is 5.14. The molecular weight excluding hydrogens is 236 g/mol. The molecule has 2 nitrogen and oxygen atoms in total. The first-order chi connectivity index (χ1) is 7.77. The van der Waals surface area contributed by atoms with Gasteiger partial charge >= 0.3 is 0 Å². The van der Waals surface area contributed by atoms with Crippen molar-refractivity contribution in [3.8, 4) is 0 Å². The second-order valence-electron chi connectivity index (χ2n) is 5.02. The van der Waals surface area contributed by atoms with Gasteiger partial charge in [0.15, 0.2) is 0 Å². The van der Waals surface area contributed by atoms with Crippen molar-refractivity contribution in [2.24, 2.45) is 0 Å². The Hall–Kier alpha value is 0.620. The Morgan fingerprint density at radius 2 is 1.94 bits per heavy atom. The van der Waals surface area contributed by atoms with Crippen LogP contribution < -0.4 is 0 Å². The molecule has 2 fully saturated rings. The summed E-state index contributed by atoms with van der Waals surface area (Å²) >= 11 is 4.27. The third-order valence-corrected chi connectivity index (χ3v) is 6.27. The van der Waals surface area contributed by atoms with E-state index < -0.39 is 0 Å². The Morgan fingerprint density at radius 3 is 2.50 bits per heavy atom. The number of likely N-dealkylation sites (N-methyl/N-ethyl adjacent to an activating group) is 2. The zero-order valence-corrected chi connectivity index (χ0v) is 12.2. The van der Waals surface area contributed by atoms with Gasteiger partial charge in [-0.1, -0.05) is 0 Å². The standard InChI is InChI=1S/C12H24N2S2/c1-13-5-3-4-11(13)8-14(2)12-9-15-6-7-16-10-12/h11-12H,3-10H2,1-2H3/t11-/m1/s1. The van der Waals surface area contributed by atoms with Crippen LogP contribution in [0, 0.1) is 0 Å². The molecule has 0 aromatic heterocycles. The van der Waals surface area contributed by atoms with Gasteiger partial charge in [-0.15, -0.1) is 0 Å². The van der Waals surface area contributed by atoms with Crippen LogP contribution in [-0.2, 0) is 0 Å². The smallest absolute Gasteiger partial charge is 0.0274 e. The lowest BCUT2D eigenvalue weighted by molar-refractivity contribution is 0.196. The lowest BCUT2D eigenvalue weighted by Crippen LogP contribution is -2.43. The fraction of sp³-hybridized carbons (Fsp3) is 1.00. The van der Waals surface area contributed by atoms with Crippen LogP contribution in [0.2, 0.25) is 0 Å². The highest BCUT2D eigenvalue weighted by Gasteiger charge is 2.25. The van der Waals surface area contributed by atoms with Crippen molar-refractivity contribution in [1.29, 1.82) is 0 Å². The molecule has 0 amide bonds. The molecule has 0 radical (unpaired) electrons. The molecular formula is C12H24N2S2. The summed E-state index contributed by atoms with van der Waals surface area (Å²) in [5.74, 6) is 5.36. The van der Waals surface area contributed by atoms with Crippen LogP contribution in [0.15, 0.2) is 0 Å². The minimum atomic E-state index is 0.798. The van der Waals surface area contributed by atoms with Crippen LogP contribution >= 0.6 is 23.5 Å². The Bertz CT molecular complexity index is 205. The SMILES string of the molecule is CN(C[C@H]1CCCN1C)C1CSCCSC1. The minimum Gasteiger partial charge on any atom is -0.302 e. The molecule has 16 heavy (non-hydrogen) atoms. The average molecular weight is 260 g/mol. The number of hydrogen-bond donors (Lipinski definition) is 0. The molecule has 0 saturated carbocycles. The zero-order valence-electron chi connectivity index (χ0n) is 10.5. The minimum absolute atomic E-state index is 0.798. The maximum atomic E-state index is 2.61. The van der Waals surface area contributed by atoms with Crippen LogP contribution in [-0.4, -0.2) is 72.1 Å². The summed E-state index contributed by atoms with van der Waals surface area (Å²) < 4.78 is 0. The third kappa shape index (κ3) is 3.56. The van der Waals surface area contributed by atoms with E-state index in [0.717, 1.165) is 12.1 Å². The normalized spacial score (nSPS) is 29.8. The predicted molar refractivity (Wildman–Crippen MR) is 76.7 cm³/mol. The van der Waals surface area contributed by atoms with Gasteiger partial charge in [-0.3, -0.25) is 0 Å². The van der Waals surface area contributed by atoms with E-state index in [1.807, 2.05) is 0 Å². The third-order valence-electron chi connectivity index (χ3n) is 3.79. The number of rotatable bonds is 3. The number of likely N-dealkylation sites (tertiary alicyclic amines) is 1. The van der Waals surface area contributed by atoms with Crippen molar-refractivity contribution in [3.63, 3.8) is 0 Å². The quantitative estimate of drug-likeness (QED) is 0.764. The number of hydrogen-bond acceptors (Lipinski definition) is 4. The van der Waals surface area contributed by atoms with Crippen molar-refractivity contribution in [2.45, 2.75) is 24.9 Å². The van der Waals surface area contributed by atoms with Crippen LogP contribution in [0.4, 0.5) is 0 Å². The highest BCUT2D eigenvalue weighted by molar-refractivity contribution is 8.03. The van der Waals surface area contributed by atoms with Crippen molar-refractivity contribution in [2.75, 3.05) is 50.2 Å². The Balaban J connectivity index is 1.79. The molecule has 2 aliphatic heterocycles. The molecule has 0 unspecified atom stereocenters. The van der Waals surface area contributed by atoms with E-state index >= 15 is 0 Å². The molecule has 2 aliphatic rings. The Kier molecular flexibility index (Phi) is 5.33. The van der Waals surface area contributed by atoms with Gasteiger partial charge in [0.25, 0.3) is 0 Å². The van der Waals surface area contributed by atoms with Crippen molar-refractivity contribution >= 4 is 23.5 Å². The molecule has 4 heteroatoms. The fourth-order valence-corrected chi connectivity index (χ4v) is 5.26. The lowest BCUT2D eigenvalue weighted by atomic mass is 10.2. The zero-order chi connectivity index (χ0) is 11.4. The second kappa shape index (κ2) is 6.53.